The van der Waals surface area contributed by atoms with Crippen LogP contribution in [-0.2, 0) is 17.6 Å². The van der Waals surface area contributed by atoms with Gasteiger partial charge < -0.3 is 5.32 Å². The van der Waals surface area contributed by atoms with Crippen LogP contribution in [0.4, 0.5) is 5.69 Å². The lowest BCUT2D eigenvalue weighted by molar-refractivity contribution is -0.115. The summed E-state index contributed by atoms with van der Waals surface area (Å²) < 4.78 is 0. The number of nitrogens with zero attached hydrogens (tertiary/aromatic N) is 2. The number of aromatic nitrogens is 1. The van der Waals surface area contributed by atoms with E-state index in [1.54, 1.807) is 0 Å². The van der Waals surface area contributed by atoms with Crippen LogP contribution in [0, 0.1) is 24.2 Å². The Bertz CT molecular complexity index is 872. The number of hydrogen-bond acceptors (Lipinski definition) is 4. The van der Waals surface area contributed by atoms with Crippen molar-refractivity contribution in [2.75, 3.05) is 5.32 Å². The van der Waals surface area contributed by atoms with Gasteiger partial charge in [0.05, 0.1) is 10.8 Å². The molecule has 1 aliphatic carbocycles. The topological polar surface area (TPSA) is 65.8 Å². The van der Waals surface area contributed by atoms with E-state index < -0.39 is 0 Å². The second kappa shape index (κ2) is 7.92. The number of benzene rings is 1. The molecule has 2 unspecified atom stereocenters. The molecule has 2 aromatic rings. The van der Waals surface area contributed by atoms with Crippen LogP contribution in [0.5, 0.6) is 0 Å². The predicted octanol–water partition coefficient (Wildman–Crippen LogP) is 4.51. The lowest BCUT2D eigenvalue weighted by Gasteiger charge is -2.22. The first-order valence-corrected chi connectivity index (χ1v) is 9.81. The van der Waals surface area contributed by atoms with Crippen molar-refractivity contribution < 1.29 is 4.79 Å². The second-order valence-corrected chi connectivity index (χ2v) is 8.35. The standard InChI is InChI=1S/C21H23N3OS/c1-13-5-4-6-18(10-13)23-20(25)15(3)26-21-17(12-22)11-16-9-14(2)7-8-19(16)24-21/h4-6,10-11,14-15H,7-9H2,1-3H3,(H,23,25). The maximum absolute atomic E-state index is 12.5. The molecule has 4 nitrogen and oxygen atoms in total. The van der Waals surface area contributed by atoms with Gasteiger partial charge in [0, 0.05) is 11.4 Å². The molecule has 1 aromatic heterocycles. The summed E-state index contributed by atoms with van der Waals surface area (Å²) in [6, 6.07) is 11.9. The lowest BCUT2D eigenvalue weighted by Crippen LogP contribution is -2.23. The Hall–Kier alpha value is -2.32. The number of carbonyl (C=O) groups is 1. The Morgan fingerprint density at radius 1 is 1.42 bits per heavy atom. The molecule has 0 saturated carbocycles. The van der Waals surface area contributed by atoms with Crippen molar-refractivity contribution in [2.45, 2.75) is 50.3 Å². The quantitative estimate of drug-likeness (QED) is 0.810. The molecular weight excluding hydrogens is 342 g/mol. The zero-order valence-electron chi connectivity index (χ0n) is 15.4. The van der Waals surface area contributed by atoms with Crippen molar-refractivity contribution in [3.63, 3.8) is 0 Å². The fraction of sp³-hybridized carbons (Fsp3) is 0.381. The Morgan fingerprint density at radius 2 is 2.23 bits per heavy atom. The number of nitrogens with one attached hydrogen (secondary N) is 1. The van der Waals surface area contributed by atoms with Gasteiger partial charge in [0.25, 0.3) is 0 Å². The first kappa shape index (κ1) is 18.5. The molecule has 3 rings (SSSR count). The number of thioether (sulfide) groups is 1. The Labute approximate surface area is 159 Å². The van der Waals surface area contributed by atoms with E-state index in [1.165, 1.54) is 17.3 Å². The van der Waals surface area contributed by atoms with Gasteiger partial charge >= 0.3 is 0 Å². The van der Waals surface area contributed by atoms with Crippen LogP contribution in [0.25, 0.3) is 0 Å². The predicted molar refractivity (Wildman–Crippen MR) is 105 cm³/mol. The summed E-state index contributed by atoms with van der Waals surface area (Å²) in [6.07, 6.45) is 3.05. The van der Waals surface area contributed by atoms with Crippen LogP contribution in [0.1, 0.15) is 42.7 Å². The number of carbonyl (C=O) groups excluding carboxylic acids is 1. The number of pyridine rings is 1. The van der Waals surface area contributed by atoms with Gasteiger partial charge in [0.15, 0.2) is 0 Å². The van der Waals surface area contributed by atoms with Crippen LogP contribution in [0.15, 0.2) is 35.4 Å². The van der Waals surface area contributed by atoms with Crippen molar-refractivity contribution in [3.8, 4) is 6.07 Å². The van der Waals surface area contributed by atoms with Crippen molar-refractivity contribution in [3.05, 3.63) is 52.7 Å². The molecule has 0 bridgehead atoms. The normalized spacial score (nSPS) is 17.1. The monoisotopic (exact) mass is 365 g/mol. The van der Waals surface area contributed by atoms with Gasteiger partial charge in [-0.3, -0.25) is 4.79 Å². The summed E-state index contributed by atoms with van der Waals surface area (Å²) >= 11 is 1.35. The Kier molecular flexibility index (Phi) is 5.63. The summed E-state index contributed by atoms with van der Waals surface area (Å²) in [4.78, 5) is 17.2. The third kappa shape index (κ3) is 4.25. The number of hydrogen-bond donors (Lipinski definition) is 1. The van der Waals surface area contributed by atoms with E-state index in [4.69, 9.17) is 4.98 Å². The van der Waals surface area contributed by atoms with Gasteiger partial charge in [-0.05, 0) is 68.4 Å². The highest BCUT2D eigenvalue weighted by Gasteiger charge is 2.22. The minimum Gasteiger partial charge on any atom is -0.325 e. The van der Waals surface area contributed by atoms with Crippen LogP contribution < -0.4 is 5.32 Å². The van der Waals surface area contributed by atoms with Gasteiger partial charge in [-0.1, -0.05) is 30.8 Å². The first-order valence-electron chi connectivity index (χ1n) is 8.93. The third-order valence-corrected chi connectivity index (χ3v) is 5.76. The van der Waals surface area contributed by atoms with Crippen LogP contribution in [-0.4, -0.2) is 16.1 Å². The smallest absolute Gasteiger partial charge is 0.237 e. The second-order valence-electron chi connectivity index (χ2n) is 7.03. The van der Waals surface area contributed by atoms with Crippen LogP contribution in [0.3, 0.4) is 0 Å². The number of amides is 1. The summed E-state index contributed by atoms with van der Waals surface area (Å²) in [7, 11) is 0. The SMILES string of the molecule is Cc1cccc(NC(=O)C(C)Sc2nc3c(cc2C#N)CC(C)CC3)c1. The Balaban J connectivity index is 1.75. The minimum atomic E-state index is -0.337. The molecule has 5 heteroatoms. The molecule has 0 radical (unpaired) electrons. The van der Waals surface area contributed by atoms with Crippen molar-refractivity contribution >= 4 is 23.4 Å². The highest BCUT2D eigenvalue weighted by Crippen LogP contribution is 2.31. The molecule has 0 saturated heterocycles. The molecule has 1 amide bonds. The summed E-state index contributed by atoms with van der Waals surface area (Å²) in [5, 5.41) is 12.8. The number of rotatable bonds is 4. The summed E-state index contributed by atoms with van der Waals surface area (Å²) in [6.45, 7) is 6.07. The zero-order valence-corrected chi connectivity index (χ0v) is 16.2. The molecule has 26 heavy (non-hydrogen) atoms. The molecule has 0 aliphatic heterocycles. The van der Waals surface area contributed by atoms with E-state index in [-0.39, 0.29) is 11.2 Å². The molecule has 1 N–H and O–H groups in total. The molecule has 0 spiro atoms. The fourth-order valence-corrected chi connectivity index (χ4v) is 4.08. The van der Waals surface area contributed by atoms with Crippen LogP contribution >= 0.6 is 11.8 Å². The maximum atomic E-state index is 12.5. The Morgan fingerprint density at radius 3 is 2.96 bits per heavy atom. The van der Waals surface area contributed by atoms with Crippen molar-refractivity contribution in [1.82, 2.24) is 4.98 Å². The first-order chi connectivity index (χ1) is 12.5. The fourth-order valence-electron chi connectivity index (χ4n) is 3.19. The summed E-state index contributed by atoms with van der Waals surface area (Å²) in [5.74, 6) is 0.547. The molecule has 134 valence electrons. The van der Waals surface area contributed by atoms with Crippen molar-refractivity contribution in [1.29, 1.82) is 5.26 Å². The highest BCUT2D eigenvalue weighted by molar-refractivity contribution is 8.00. The average molecular weight is 366 g/mol. The number of fused-ring (bicyclic) bond motifs is 1. The van der Waals surface area contributed by atoms with E-state index >= 15 is 0 Å². The number of nitriles is 1. The summed E-state index contributed by atoms with van der Waals surface area (Å²) in [5.41, 5.74) is 4.71. The van der Waals surface area contributed by atoms with Gasteiger partial charge in [0.2, 0.25) is 5.91 Å². The lowest BCUT2D eigenvalue weighted by atomic mass is 9.87. The van der Waals surface area contributed by atoms with Gasteiger partial charge in [-0.2, -0.15) is 5.26 Å². The molecule has 1 aromatic carbocycles. The van der Waals surface area contributed by atoms with Gasteiger partial charge in [-0.15, -0.1) is 0 Å². The molecule has 1 heterocycles. The van der Waals surface area contributed by atoms with Gasteiger partial charge in [-0.25, -0.2) is 4.98 Å². The highest BCUT2D eigenvalue weighted by atomic mass is 32.2. The van der Waals surface area contributed by atoms with E-state index in [2.05, 4.69) is 18.3 Å². The average Bonchev–Trinajstić information content (AvgIpc) is 2.61. The zero-order chi connectivity index (χ0) is 18.7. The molecule has 1 aliphatic rings. The molecular formula is C21H23N3OS. The maximum Gasteiger partial charge on any atom is 0.237 e. The minimum absolute atomic E-state index is 0.0855. The third-order valence-electron chi connectivity index (χ3n) is 4.66. The molecule has 0 fully saturated rings. The van der Waals surface area contributed by atoms with E-state index in [0.717, 1.165) is 36.2 Å². The number of anilines is 1. The van der Waals surface area contributed by atoms with E-state index in [0.29, 0.717) is 16.5 Å². The van der Waals surface area contributed by atoms with E-state index in [9.17, 15) is 10.1 Å². The van der Waals surface area contributed by atoms with Gasteiger partial charge in [0.1, 0.15) is 11.1 Å². The van der Waals surface area contributed by atoms with E-state index in [1.807, 2.05) is 44.2 Å². The number of aryl methyl sites for hydroxylation is 2. The molecule has 2 atom stereocenters. The van der Waals surface area contributed by atoms with Crippen LogP contribution in [0.2, 0.25) is 0 Å². The largest absolute Gasteiger partial charge is 0.325 e. The van der Waals surface area contributed by atoms with Crippen molar-refractivity contribution in [2.24, 2.45) is 5.92 Å².